The maximum Gasteiger partial charge on any atom is 0.126 e. The van der Waals surface area contributed by atoms with Gasteiger partial charge in [0, 0.05) is 19.2 Å². The Balaban J connectivity index is 1.52. The minimum atomic E-state index is -0.0541. The van der Waals surface area contributed by atoms with E-state index in [1.165, 1.54) is 12.8 Å². The molecule has 2 saturated carbocycles. The van der Waals surface area contributed by atoms with Gasteiger partial charge in [0.25, 0.3) is 0 Å². The smallest absolute Gasteiger partial charge is 0.126 e. The third-order valence-electron chi connectivity index (χ3n) is 4.69. The maximum atomic E-state index is 13.7. The van der Waals surface area contributed by atoms with Crippen LogP contribution in [0.2, 0.25) is 0 Å². The second kappa shape index (κ2) is 5.59. The van der Waals surface area contributed by atoms with Crippen molar-refractivity contribution in [1.29, 1.82) is 0 Å². The van der Waals surface area contributed by atoms with E-state index in [0.717, 1.165) is 24.8 Å². The van der Waals surface area contributed by atoms with Gasteiger partial charge in [0.2, 0.25) is 0 Å². The van der Waals surface area contributed by atoms with Crippen molar-refractivity contribution in [3.05, 3.63) is 35.6 Å². The van der Waals surface area contributed by atoms with Gasteiger partial charge in [-0.25, -0.2) is 4.39 Å². The molecule has 0 bridgehead atoms. The Labute approximate surface area is 114 Å². The van der Waals surface area contributed by atoms with E-state index >= 15 is 0 Å². The minimum absolute atomic E-state index is 0.0541. The fraction of sp³-hybridized carbons (Fsp3) is 0.625. The molecule has 0 saturated heterocycles. The number of halogens is 1. The number of methoxy groups -OCH3 is 1. The van der Waals surface area contributed by atoms with E-state index in [0.29, 0.717) is 24.1 Å². The van der Waals surface area contributed by atoms with E-state index in [1.807, 2.05) is 12.1 Å². The van der Waals surface area contributed by atoms with E-state index in [2.05, 4.69) is 5.32 Å². The maximum absolute atomic E-state index is 13.7. The van der Waals surface area contributed by atoms with Crippen LogP contribution in [0.1, 0.15) is 43.6 Å². The summed E-state index contributed by atoms with van der Waals surface area (Å²) in [5.74, 6) is 0.336. The SMILES string of the molecule is COC1CCCC1NC1CC(c2ccccc2F)C1. The molecule has 1 N–H and O–H groups in total. The Morgan fingerprint density at radius 1 is 1.21 bits per heavy atom. The highest BCUT2D eigenvalue weighted by Gasteiger charge is 2.36. The predicted molar refractivity (Wildman–Crippen MR) is 73.7 cm³/mol. The van der Waals surface area contributed by atoms with E-state index in [9.17, 15) is 4.39 Å². The Kier molecular flexibility index (Phi) is 3.85. The zero-order chi connectivity index (χ0) is 13.2. The molecule has 2 unspecified atom stereocenters. The summed E-state index contributed by atoms with van der Waals surface area (Å²) in [5.41, 5.74) is 0.885. The van der Waals surface area contributed by atoms with Crippen LogP contribution in [-0.2, 0) is 4.74 Å². The van der Waals surface area contributed by atoms with E-state index in [-0.39, 0.29) is 5.82 Å². The molecule has 0 spiro atoms. The first kappa shape index (κ1) is 13.1. The monoisotopic (exact) mass is 263 g/mol. The van der Waals surface area contributed by atoms with Gasteiger partial charge in [0.05, 0.1) is 6.10 Å². The van der Waals surface area contributed by atoms with Crippen LogP contribution in [0.3, 0.4) is 0 Å². The largest absolute Gasteiger partial charge is 0.380 e. The number of rotatable bonds is 4. The molecule has 3 heteroatoms. The van der Waals surface area contributed by atoms with Gasteiger partial charge in [-0.1, -0.05) is 18.2 Å². The summed E-state index contributed by atoms with van der Waals surface area (Å²) >= 11 is 0. The standard InChI is InChI=1S/C16H22FNO/c1-19-16-8-4-7-15(16)18-12-9-11(10-12)13-5-2-3-6-14(13)17/h2-3,5-6,11-12,15-16,18H,4,7-10H2,1H3. The van der Waals surface area contributed by atoms with Gasteiger partial charge in [-0.3, -0.25) is 0 Å². The summed E-state index contributed by atoms with van der Waals surface area (Å²) in [6.07, 6.45) is 6.09. The highest BCUT2D eigenvalue weighted by Crippen LogP contribution is 2.39. The molecule has 2 atom stereocenters. The first-order valence-corrected chi connectivity index (χ1v) is 7.31. The summed E-state index contributed by atoms with van der Waals surface area (Å²) in [5, 5.41) is 3.69. The molecule has 2 fully saturated rings. The van der Waals surface area contributed by atoms with Crippen LogP contribution < -0.4 is 5.32 Å². The van der Waals surface area contributed by atoms with Gasteiger partial charge in [0.1, 0.15) is 5.82 Å². The molecular weight excluding hydrogens is 241 g/mol. The van der Waals surface area contributed by atoms with Gasteiger partial charge in [-0.15, -0.1) is 0 Å². The lowest BCUT2D eigenvalue weighted by atomic mass is 9.75. The first-order valence-electron chi connectivity index (χ1n) is 7.31. The van der Waals surface area contributed by atoms with E-state index in [4.69, 9.17) is 4.74 Å². The molecule has 0 radical (unpaired) electrons. The lowest BCUT2D eigenvalue weighted by Crippen LogP contribution is -2.48. The van der Waals surface area contributed by atoms with Crippen LogP contribution in [-0.4, -0.2) is 25.3 Å². The van der Waals surface area contributed by atoms with Crippen molar-refractivity contribution in [2.45, 2.75) is 56.2 Å². The minimum Gasteiger partial charge on any atom is -0.380 e. The number of ether oxygens (including phenoxy) is 1. The van der Waals surface area contributed by atoms with Crippen molar-refractivity contribution in [2.75, 3.05) is 7.11 Å². The Morgan fingerprint density at radius 3 is 2.74 bits per heavy atom. The molecule has 1 aromatic rings. The normalized spacial score (nSPS) is 34.2. The van der Waals surface area contributed by atoms with Crippen molar-refractivity contribution in [2.24, 2.45) is 0 Å². The highest BCUT2D eigenvalue weighted by molar-refractivity contribution is 5.24. The van der Waals surface area contributed by atoms with E-state index in [1.54, 1.807) is 19.2 Å². The molecule has 2 aliphatic carbocycles. The van der Waals surface area contributed by atoms with Gasteiger partial charge in [0.15, 0.2) is 0 Å². The van der Waals surface area contributed by atoms with Gasteiger partial charge in [-0.05, 0) is 49.7 Å². The van der Waals surface area contributed by atoms with Crippen LogP contribution in [0.25, 0.3) is 0 Å². The molecule has 2 aliphatic rings. The van der Waals surface area contributed by atoms with Crippen molar-refractivity contribution in [3.8, 4) is 0 Å². The Morgan fingerprint density at radius 2 is 2.00 bits per heavy atom. The number of hydrogen-bond acceptors (Lipinski definition) is 2. The average molecular weight is 263 g/mol. The first-order chi connectivity index (χ1) is 9.28. The van der Waals surface area contributed by atoms with Gasteiger partial charge >= 0.3 is 0 Å². The van der Waals surface area contributed by atoms with Crippen molar-refractivity contribution in [1.82, 2.24) is 5.32 Å². The zero-order valence-corrected chi connectivity index (χ0v) is 11.4. The number of hydrogen-bond donors (Lipinski definition) is 1. The molecule has 2 nitrogen and oxygen atoms in total. The van der Waals surface area contributed by atoms with Crippen LogP contribution in [0, 0.1) is 5.82 Å². The quantitative estimate of drug-likeness (QED) is 0.900. The van der Waals surface area contributed by atoms with Crippen molar-refractivity contribution in [3.63, 3.8) is 0 Å². The molecule has 0 aliphatic heterocycles. The van der Waals surface area contributed by atoms with Crippen molar-refractivity contribution < 1.29 is 9.13 Å². The zero-order valence-electron chi connectivity index (χ0n) is 11.4. The third-order valence-corrected chi connectivity index (χ3v) is 4.69. The summed E-state index contributed by atoms with van der Waals surface area (Å²) < 4.78 is 19.2. The molecule has 3 rings (SSSR count). The second-order valence-electron chi connectivity index (χ2n) is 5.86. The predicted octanol–water partition coefficient (Wildman–Crippen LogP) is 3.23. The van der Waals surface area contributed by atoms with Gasteiger partial charge < -0.3 is 10.1 Å². The van der Waals surface area contributed by atoms with Gasteiger partial charge in [-0.2, -0.15) is 0 Å². The lowest BCUT2D eigenvalue weighted by molar-refractivity contribution is 0.0746. The fourth-order valence-electron chi connectivity index (χ4n) is 3.52. The Bertz CT molecular complexity index is 431. The number of nitrogens with one attached hydrogen (secondary N) is 1. The van der Waals surface area contributed by atoms with E-state index < -0.39 is 0 Å². The lowest BCUT2D eigenvalue weighted by Gasteiger charge is -2.39. The topological polar surface area (TPSA) is 21.3 Å². The summed E-state index contributed by atoms with van der Waals surface area (Å²) in [6, 6.07) is 8.20. The van der Waals surface area contributed by atoms with Crippen molar-refractivity contribution >= 4 is 0 Å². The van der Waals surface area contributed by atoms with Crippen LogP contribution in [0.5, 0.6) is 0 Å². The molecule has 0 amide bonds. The molecular formula is C16H22FNO. The highest BCUT2D eigenvalue weighted by atomic mass is 19.1. The Hall–Kier alpha value is -0.930. The third kappa shape index (κ3) is 2.67. The molecule has 104 valence electrons. The molecule has 0 aromatic heterocycles. The summed E-state index contributed by atoms with van der Waals surface area (Å²) in [4.78, 5) is 0. The molecule has 1 aromatic carbocycles. The summed E-state index contributed by atoms with van der Waals surface area (Å²) in [7, 11) is 1.80. The van der Waals surface area contributed by atoms with Crippen LogP contribution >= 0.6 is 0 Å². The number of benzene rings is 1. The summed E-state index contributed by atoms with van der Waals surface area (Å²) in [6.45, 7) is 0. The second-order valence-corrected chi connectivity index (χ2v) is 5.86. The van der Waals surface area contributed by atoms with Crippen LogP contribution in [0.4, 0.5) is 4.39 Å². The fourth-order valence-corrected chi connectivity index (χ4v) is 3.52. The average Bonchev–Trinajstić information content (AvgIpc) is 2.82. The molecule has 19 heavy (non-hydrogen) atoms. The van der Waals surface area contributed by atoms with Crippen LogP contribution in [0.15, 0.2) is 24.3 Å². The molecule has 0 heterocycles.